The van der Waals surface area contributed by atoms with E-state index in [9.17, 15) is 22.8 Å². The van der Waals surface area contributed by atoms with Crippen molar-refractivity contribution in [1.82, 2.24) is 14.9 Å². The van der Waals surface area contributed by atoms with Gasteiger partial charge in [0.15, 0.2) is 17.5 Å². The van der Waals surface area contributed by atoms with Gasteiger partial charge in [-0.05, 0) is 17.7 Å². The van der Waals surface area contributed by atoms with E-state index in [1.165, 1.54) is 18.3 Å². The van der Waals surface area contributed by atoms with Gasteiger partial charge in [0.25, 0.3) is 0 Å². The van der Waals surface area contributed by atoms with Crippen molar-refractivity contribution in [3.63, 3.8) is 0 Å². The van der Waals surface area contributed by atoms with Crippen LogP contribution in [0.1, 0.15) is 11.1 Å². The fourth-order valence-electron chi connectivity index (χ4n) is 2.51. The molecule has 2 aromatic heterocycles. The summed E-state index contributed by atoms with van der Waals surface area (Å²) < 4.78 is 58.8. The van der Waals surface area contributed by atoms with E-state index < -0.39 is 29.0 Å². The van der Waals surface area contributed by atoms with Crippen LogP contribution in [0.4, 0.5) is 17.6 Å². The van der Waals surface area contributed by atoms with Gasteiger partial charge in [0.05, 0.1) is 0 Å². The van der Waals surface area contributed by atoms with Crippen LogP contribution in [-0.4, -0.2) is 33.0 Å². The largest absolute Gasteiger partial charge is 0.433 e. The molecular formula is C19H14F4N4O2. The molecule has 0 bridgehead atoms. The first-order valence-corrected chi connectivity index (χ1v) is 8.20. The molecule has 0 saturated carbocycles. The Labute approximate surface area is 162 Å². The topological polar surface area (TPSA) is 70.8 Å². The van der Waals surface area contributed by atoms with E-state index in [1.807, 2.05) is 6.07 Å². The van der Waals surface area contributed by atoms with Gasteiger partial charge < -0.3 is 14.8 Å². The van der Waals surface area contributed by atoms with Crippen LogP contribution in [0.2, 0.25) is 0 Å². The number of amidine groups is 1. The molecule has 150 valence electrons. The molecule has 6 nitrogen and oxygen atoms in total. The van der Waals surface area contributed by atoms with E-state index in [0.717, 1.165) is 5.56 Å². The normalized spacial score (nSPS) is 11.4. The van der Waals surface area contributed by atoms with Gasteiger partial charge in [0.2, 0.25) is 23.3 Å². The Morgan fingerprint density at radius 1 is 1.10 bits per heavy atom. The molecule has 3 aromatic rings. The molecule has 3 rings (SSSR count). The monoisotopic (exact) mass is 406 g/mol. The summed E-state index contributed by atoms with van der Waals surface area (Å²) in [6.45, 7) is 0.379. The van der Waals surface area contributed by atoms with E-state index in [-0.39, 0.29) is 17.8 Å². The number of aromatic nitrogens is 2. The van der Waals surface area contributed by atoms with Crippen molar-refractivity contribution in [2.75, 3.05) is 7.05 Å². The first kappa shape index (κ1) is 20.1. The van der Waals surface area contributed by atoms with Crippen LogP contribution in [-0.2, 0) is 6.54 Å². The number of hydrogen-bond donors (Lipinski definition) is 1. The molecule has 1 N–H and O–H groups in total. The lowest BCUT2D eigenvalue weighted by Gasteiger charge is -2.20. The molecule has 0 radical (unpaired) electrons. The van der Waals surface area contributed by atoms with Gasteiger partial charge in [-0.25, -0.2) is 13.8 Å². The second kappa shape index (κ2) is 8.55. The average molecular weight is 406 g/mol. The molecule has 0 unspecified atom stereocenters. The van der Waals surface area contributed by atoms with Gasteiger partial charge >= 0.3 is 0 Å². The van der Waals surface area contributed by atoms with Crippen molar-refractivity contribution >= 4 is 5.84 Å². The summed E-state index contributed by atoms with van der Waals surface area (Å²) in [6, 6.07) is 6.30. The first-order valence-electron chi connectivity index (χ1n) is 8.20. The van der Waals surface area contributed by atoms with Gasteiger partial charge in [-0.15, -0.1) is 0 Å². The standard InChI is InChI=1S/C19H14F4N4O2/c1-27(10-11-3-2-6-24-8-11)19(26-28)12-4-5-15(25-9-12)29-18-16(22)13(20)7-14(21)17(18)23/h2-9,28H,10H2,1H3/b26-19-. The lowest BCUT2D eigenvalue weighted by Crippen LogP contribution is -2.27. The van der Waals surface area contributed by atoms with Gasteiger partial charge in [0.1, 0.15) is 0 Å². The molecule has 0 spiro atoms. The second-order valence-electron chi connectivity index (χ2n) is 5.93. The maximum Gasteiger partial charge on any atom is 0.219 e. The third kappa shape index (κ3) is 4.42. The molecule has 0 aliphatic heterocycles. The maximum atomic E-state index is 13.7. The maximum absolute atomic E-state index is 13.7. The Bertz CT molecular complexity index is 1000. The molecule has 0 fully saturated rings. The highest BCUT2D eigenvalue weighted by atomic mass is 19.2. The van der Waals surface area contributed by atoms with Gasteiger partial charge in [-0.1, -0.05) is 11.2 Å². The number of ether oxygens (including phenoxy) is 1. The van der Waals surface area contributed by atoms with Crippen LogP contribution < -0.4 is 4.74 Å². The van der Waals surface area contributed by atoms with Crippen molar-refractivity contribution in [2.45, 2.75) is 6.54 Å². The zero-order valence-electron chi connectivity index (χ0n) is 15.0. The molecule has 0 aliphatic rings. The van der Waals surface area contributed by atoms with E-state index in [4.69, 9.17) is 4.74 Å². The molecule has 10 heteroatoms. The summed E-state index contributed by atoms with van der Waals surface area (Å²) in [5.41, 5.74) is 1.22. The summed E-state index contributed by atoms with van der Waals surface area (Å²) in [6.07, 6.45) is 4.50. The van der Waals surface area contributed by atoms with Crippen molar-refractivity contribution in [1.29, 1.82) is 0 Å². The van der Waals surface area contributed by atoms with Crippen molar-refractivity contribution in [3.05, 3.63) is 83.3 Å². The number of benzene rings is 1. The van der Waals surface area contributed by atoms with Crippen LogP contribution in [0.5, 0.6) is 11.6 Å². The average Bonchev–Trinajstić information content (AvgIpc) is 2.72. The summed E-state index contributed by atoms with van der Waals surface area (Å²) in [5, 5.41) is 12.6. The predicted octanol–water partition coefficient (Wildman–Crippen LogP) is 4.09. The Balaban J connectivity index is 1.79. The molecule has 29 heavy (non-hydrogen) atoms. The predicted molar refractivity (Wildman–Crippen MR) is 94.6 cm³/mol. The zero-order valence-corrected chi connectivity index (χ0v) is 15.0. The molecule has 1 aromatic carbocycles. The molecule has 0 saturated heterocycles. The minimum atomic E-state index is -1.68. The quantitative estimate of drug-likeness (QED) is 0.173. The van der Waals surface area contributed by atoms with Crippen LogP contribution in [0.3, 0.4) is 0 Å². The fourth-order valence-corrected chi connectivity index (χ4v) is 2.51. The van der Waals surface area contributed by atoms with E-state index in [1.54, 1.807) is 30.4 Å². The molecule has 2 heterocycles. The number of nitrogens with zero attached hydrogens (tertiary/aromatic N) is 4. The molecule has 0 atom stereocenters. The Morgan fingerprint density at radius 2 is 1.83 bits per heavy atom. The summed E-state index contributed by atoms with van der Waals surface area (Å²) in [5.74, 6) is -7.95. The van der Waals surface area contributed by atoms with Crippen molar-refractivity contribution < 1.29 is 27.5 Å². The smallest absolute Gasteiger partial charge is 0.219 e. The van der Waals surface area contributed by atoms with E-state index >= 15 is 0 Å². The first-order chi connectivity index (χ1) is 13.9. The lowest BCUT2D eigenvalue weighted by atomic mass is 10.2. The number of hydrogen-bond acceptors (Lipinski definition) is 5. The van der Waals surface area contributed by atoms with Crippen LogP contribution in [0.25, 0.3) is 0 Å². The number of rotatable bonds is 5. The Kier molecular flexibility index (Phi) is 5.91. The summed E-state index contributed by atoms with van der Waals surface area (Å²) in [7, 11) is 1.67. The van der Waals surface area contributed by atoms with Gasteiger partial charge in [-0.2, -0.15) is 8.78 Å². The third-order valence-corrected chi connectivity index (χ3v) is 3.87. The highest BCUT2D eigenvalue weighted by molar-refractivity contribution is 5.97. The number of pyridine rings is 2. The second-order valence-corrected chi connectivity index (χ2v) is 5.93. The van der Waals surface area contributed by atoms with Gasteiger partial charge in [0, 0.05) is 49.9 Å². The SMILES string of the molecule is CN(Cc1cccnc1)/C(=N\O)c1ccc(Oc2c(F)c(F)cc(F)c2F)nc1. The fraction of sp³-hybridized carbons (Fsp3) is 0.105. The van der Waals surface area contributed by atoms with Crippen molar-refractivity contribution in [2.24, 2.45) is 5.16 Å². The van der Waals surface area contributed by atoms with Crippen molar-refractivity contribution in [3.8, 4) is 11.6 Å². The Hall–Kier alpha value is -3.69. The van der Waals surface area contributed by atoms with Crippen LogP contribution in [0.15, 0.2) is 54.1 Å². The van der Waals surface area contributed by atoms with E-state index in [2.05, 4.69) is 15.1 Å². The highest BCUT2D eigenvalue weighted by Gasteiger charge is 2.22. The highest BCUT2D eigenvalue weighted by Crippen LogP contribution is 2.30. The van der Waals surface area contributed by atoms with Crippen LogP contribution >= 0.6 is 0 Å². The summed E-state index contributed by atoms with van der Waals surface area (Å²) in [4.78, 5) is 9.46. The minimum absolute atomic E-state index is 0.0795. The number of oxime groups is 1. The van der Waals surface area contributed by atoms with Gasteiger partial charge in [-0.3, -0.25) is 4.98 Å². The zero-order chi connectivity index (χ0) is 21.0. The molecule has 0 aliphatic carbocycles. The lowest BCUT2D eigenvalue weighted by molar-refractivity contribution is 0.306. The Morgan fingerprint density at radius 3 is 2.38 bits per heavy atom. The molecule has 0 amide bonds. The summed E-state index contributed by atoms with van der Waals surface area (Å²) >= 11 is 0. The van der Waals surface area contributed by atoms with Crippen LogP contribution in [0, 0.1) is 23.3 Å². The number of halogens is 4. The molecular weight excluding hydrogens is 392 g/mol. The minimum Gasteiger partial charge on any atom is -0.433 e. The third-order valence-electron chi connectivity index (χ3n) is 3.87. The van der Waals surface area contributed by atoms with E-state index in [0.29, 0.717) is 12.1 Å².